The van der Waals surface area contributed by atoms with Crippen LogP contribution < -0.4 is 10.2 Å². The van der Waals surface area contributed by atoms with Crippen LogP contribution >= 0.6 is 23.1 Å². The van der Waals surface area contributed by atoms with E-state index in [1.165, 1.54) is 32.7 Å². The lowest BCUT2D eigenvalue weighted by atomic mass is 9.95. The van der Waals surface area contributed by atoms with Gasteiger partial charge in [0.2, 0.25) is 18.3 Å². The van der Waals surface area contributed by atoms with Crippen molar-refractivity contribution in [3.63, 3.8) is 0 Å². The van der Waals surface area contributed by atoms with E-state index in [9.17, 15) is 9.59 Å². The second-order valence-electron chi connectivity index (χ2n) is 11.4. The fourth-order valence-corrected chi connectivity index (χ4v) is 7.31. The van der Waals surface area contributed by atoms with E-state index in [2.05, 4.69) is 61.3 Å². The lowest BCUT2D eigenvalue weighted by Gasteiger charge is -2.26. The quantitative estimate of drug-likeness (QED) is 0.0926. The highest BCUT2D eigenvalue weighted by molar-refractivity contribution is 7.99. The molecule has 2 atom stereocenters. The van der Waals surface area contributed by atoms with Gasteiger partial charge in [-0.05, 0) is 69.7 Å². The highest BCUT2D eigenvalue weighted by atomic mass is 32.2. The van der Waals surface area contributed by atoms with E-state index in [0.29, 0.717) is 35.8 Å². The maximum Gasteiger partial charge on any atom is 0.244 e. The molecule has 1 aliphatic heterocycles. The Bertz CT molecular complexity index is 1520. The molecule has 3 heterocycles. The number of benzene rings is 1. The van der Waals surface area contributed by atoms with E-state index < -0.39 is 0 Å². The Hall–Kier alpha value is -3.65. The van der Waals surface area contributed by atoms with Gasteiger partial charge >= 0.3 is 0 Å². The molecule has 0 radical (unpaired) electrons. The highest BCUT2D eigenvalue weighted by Gasteiger charge is 2.30. The number of carbonyl (C=O) groups excluding carboxylic acids is 2. The van der Waals surface area contributed by atoms with E-state index in [4.69, 9.17) is 4.74 Å². The Morgan fingerprint density at radius 2 is 1.93 bits per heavy atom. The zero-order valence-corrected chi connectivity index (χ0v) is 29.0. The summed E-state index contributed by atoms with van der Waals surface area (Å²) >= 11 is 3.13. The molecule has 2 amide bonds. The number of aromatic nitrogens is 3. The highest BCUT2D eigenvalue weighted by Crippen LogP contribution is 2.40. The van der Waals surface area contributed by atoms with Crippen LogP contribution in [0.1, 0.15) is 69.5 Å². The molecular formula is C35H45N5O3S2. The molecule has 0 saturated carbocycles. The molecule has 10 heteroatoms. The summed E-state index contributed by atoms with van der Waals surface area (Å²) in [6.45, 7) is 14.9. The number of thioether (sulfide) groups is 1. The summed E-state index contributed by atoms with van der Waals surface area (Å²) in [6, 6.07) is 10.2. The lowest BCUT2D eigenvalue weighted by Crippen LogP contribution is -2.34. The lowest BCUT2D eigenvalue weighted by molar-refractivity contribution is -0.121. The second kappa shape index (κ2) is 17.2. The number of fused-ring (bicyclic) bond motifs is 1. The molecule has 1 N–H and O–H groups in total. The first kappa shape index (κ1) is 35.8. The zero-order chi connectivity index (χ0) is 33.1. The number of nitrogens with zero attached hydrogens (tertiary/aromatic N) is 4. The molecule has 0 aliphatic carbocycles. The van der Waals surface area contributed by atoms with Gasteiger partial charge in [-0.2, -0.15) is 0 Å². The number of carbonyl (C=O) groups is 2. The summed E-state index contributed by atoms with van der Waals surface area (Å²) in [5.74, 6) is 1.37. The molecule has 0 bridgehead atoms. The molecule has 3 aromatic rings. The van der Waals surface area contributed by atoms with Crippen LogP contribution in [0, 0.1) is 25.7 Å². The van der Waals surface area contributed by atoms with Gasteiger partial charge in [-0.1, -0.05) is 67.6 Å². The monoisotopic (exact) mass is 647 g/mol. The van der Waals surface area contributed by atoms with E-state index in [0.717, 1.165) is 41.1 Å². The molecule has 1 aromatic carbocycles. The van der Waals surface area contributed by atoms with Gasteiger partial charge in [0.25, 0.3) is 0 Å². The van der Waals surface area contributed by atoms with Crippen LogP contribution in [0.15, 0.2) is 58.9 Å². The molecule has 45 heavy (non-hydrogen) atoms. The van der Waals surface area contributed by atoms with Crippen molar-refractivity contribution >= 4 is 41.4 Å². The molecular weight excluding hydrogens is 603 g/mol. The molecule has 2 aromatic heterocycles. The molecule has 4 rings (SSSR count). The van der Waals surface area contributed by atoms with E-state index in [1.54, 1.807) is 11.3 Å². The first-order valence-electron chi connectivity index (χ1n) is 15.2. The summed E-state index contributed by atoms with van der Waals surface area (Å²) in [7, 11) is 0. The summed E-state index contributed by atoms with van der Waals surface area (Å²) in [5, 5.41) is 13.8. The number of ether oxygens (including phenoxy) is 1. The summed E-state index contributed by atoms with van der Waals surface area (Å²) in [5.41, 5.74) is 5.43. The normalized spacial score (nSPS) is 15.6. The minimum absolute atomic E-state index is 0.00279. The largest absolute Gasteiger partial charge is 0.372 e. The third-order valence-electron chi connectivity index (χ3n) is 7.67. The Balaban J connectivity index is 0.00000271. The average Bonchev–Trinajstić information content (AvgIpc) is 3.58. The van der Waals surface area contributed by atoms with Crippen molar-refractivity contribution in [1.29, 1.82) is 0 Å². The van der Waals surface area contributed by atoms with Crippen molar-refractivity contribution in [2.24, 2.45) is 5.92 Å². The first-order chi connectivity index (χ1) is 21.6. The van der Waals surface area contributed by atoms with Crippen LogP contribution in [0.5, 0.6) is 0 Å². The predicted octanol–water partition coefficient (Wildman–Crippen LogP) is 7.05. The number of hydrogen-bond donors (Lipinski definition) is 1. The minimum atomic E-state index is -0.00279. The molecule has 0 saturated heterocycles. The summed E-state index contributed by atoms with van der Waals surface area (Å²) < 4.78 is 8.15. The van der Waals surface area contributed by atoms with Crippen molar-refractivity contribution < 1.29 is 14.3 Å². The number of terminal acetylenes is 1. The summed E-state index contributed by atoms with van der Waals surface area (Å²) in [4.78, 5) is 28.0. The molecule has 240 valence electrons. The summed E-state index contributed by atoms with van der Waals surface area (Å²) in [6.07, 6.45) is 14.9. The number of anilines is 1. The van der Waals surface area contributed by atoms with Crippen LogP contribution in [0.2, 0.25) is 0 Å². The number of hydrogen-bond acceptors (Lipinski definition) is 7. The fraction of sp³-hybridized carbons (Fsp3) is 0.429. The molecule has 2 unspecified atom stereocenters. The number of rotatable bonds is 13. The first-order valence-corrected chi connectivity index (χ1v) is 17.0. The van der Waals surface area contributed by atoms with Crippen LogP contribution in [0.25, 0.3) is 5.00 Å². The maximum atomic E-state index is 12.8. The molecule has 8 nitrogen and oxygen atoms in total. The van der Waals surface area contributed by atoms with Gasteiger partial charge in [0.1, 0.15) is 5.00 Å². The van der Waals surface area contributed by atoms with Gasteiger partial charge in [-0.15, -0.1) is 34.4 Å². The Morgan fingerprint density at radius 3 is 2.58 bits per heavy atom. The predicted molar refractivity (Wildman–Crippen MR) is 186 cm³/mol. The Kier molecular flexibility index (Phi) is 13.7. The number of allylic oxidation sites excluding steroid dienone is 4. The average molecular weight is 648 g/mol. The van der Waals surface area contributed by atoms with Gasteiger partial charge in [-0.25, -0.2) is 4.57 Å². The number of nitrogens with one attached hydrogen (secondary N) is 1. The SMILES string of the molecule is C#C.C/C=C(C)\C=C(/C)N(C=O)c1nnc(SCCC(=O)NC(C)Cc2ccccc2)n1-c1sc2c(c1C)CC(C(C)C)OC2. The Morgan fingerprint density at radius 1 is 1.22 bits per heavy atom. The van der Waals surface area contributed by atoms with E-state index in [1.807, 2.05) is 62.6 Å². The van der Waals surface area contributed by atoms with Gasteiger partial charge in [0.05, 0.1) is 12.7 Å². The zero-order valence-electron chi connectivity index (χ0n) is 27.4. The number of thiophene rings is 1. The van der Waals surface area contributed by atoms with Crippen molar-refractivity contribution in [1.82, 2.24) is 20.1 Å². The molecule has 0 spiro atoms. The van der Waals surface area contributed by atoms with Crippen molar-refractivity contribution in [2.45, 2.75) is 91.6 Å². The van der Waals surface area contributed by atoms with Crippen LogP contribution in [0.3, 0.4) is 0 Å². The van der Waals surface area contributed by atoms with Crippen LogP contribution in [0.4, 0.5) is 5.95 Å². The van der Waals surface area contributed by atoms with E-state index >= 15 is 0 Å². The van der Waals surface area contributed by atoms with Gasteiger partial charge in [0, 0.05) is 35.2 Å². The van der Waals surface area contributed by atoms with Crippen molar-refractivity contribution in [3.8, 4) is 17.8 Å². The molecule has 0 fully saturated rings. The van der Waals surface area contributed by atoms with Crippen LogP contribution in [-0.4, -0.2) is 45.0 Å². The fourth-order valence-electron chi connectivity index (χ4n) is 5.12. The Labute approximate surface area is 276 Å². The third kappa shape index (κ3) is 9.19. The topological polar surface area (TPSA) is 89.4 Å². The van der Waals surface area contributed by atoms with Gasteiger partial charge in [0.15, 0.2) is 5.16 Å². The molecule has 1 aliphatic rings. The van der Waals surface area contributed by atoms with Crippen LogP contribution in [-0.2, 0) is 33.8 Å². The maximum absolute atomic E-state index is 12.8. The second-order valence-corrected chi connectivity index (χ2v) is 13.5. The van der Waals surface area contributed by atoms with Gasteiger partial charge < -0.3 is 10.1 Å². The number of amides is 2. The van der Waals surface area contributed by atoms with E-state index in [-0.39, 0.29) is 18.1 Å². The standard InChI is InChI=1S/C33H43N5O3S2.C2H2/c1-8-22(4)16-24(6)37(20-39)32-35-36-33(42-15-14-30(40)34-23(5)17-26-12-10-9-11-13-26)38(32)31-25(7)27-18-28(21(2)3)41-19-29(27)43-31;1-2/h8-13,16,20-21,23,28H,14-15,17-19H2,1-7H3,(H,34,40);1-2H/b22-8-,24-16+;. The third-order valence-corrected chi connectivity index (χ3v) is 9.90. The minimum Gasteiger partial charge on any atom is -0.372 e. The van der Waals surface area contributed by atoms with Crippen molar-refractivity contribution in [3.05, 3.63) is 75.3 Å². The smallest absolute Gasteiger partial charge is 0.244 e. The van der Waals surface area contributed by atoms with Crippen molar-refractivity contribution in [2.75, 3.05) is 10.7 Å². The van der Waals surface area contributed by atoms with Gasteiger partial charge in [-0.3, -0.25) is 14.5 Å².